The number of rotatable bonds is 2. The van der Waals surface area contributed by atoms with Crippen molar-refractivity contribution in [1.82, 2.24) is 5.32 Å². The van der Waals surface area contributed by atoms with E-state index in [1.165, 1.54) is 0 Å². The van der Waals surface area contributed by atoms with Crippen molar-refractivity contribution in [2.45, 2.75) is 57.5 Å². The lowest BCUT2D eigenvalue weighted by Gasteiger charge is -2.38. The van der Waals surface area contributed by atoms with Crippen LogP contribution in [-0.2, 0) is 9.53 Å². The van der Waals surface area contributed by atoms with Crippen LogP contribution in [0.15, 0.2) is 0 Å². The number of ether oxygens (including phenoxy) is 1. The Hall–Kier alpha value is -0.610. The highest BCUT2D eigenvalue weighted by Crippen LogP contribution is 2.29. The summed E-state index contributed by atoms with van der Waals surface area (Å²) in [5.74, 6) is 0.555. The molecule has 4 nitrogen and oxygen atoms in total. The summed E-state index contributed by atoms with van der Waals surface area (Å²) in [7, 11) is 0. The van der Waals surface area contributed by atoms with E-state index in [2.05, 4.69) is 19.2 Å². The van der Waals surface area contributed by atoms with E-state index in [0.717, 1.165) is 38.7 Å². The quantitative estimate of drug-likeness (QED) is 0.783. The molecule has 1 saturated heterocycles. The highest BCUT2D eigenvalue weighted by Gasteiger charge is 2.36. The zero-order chi connectivity index (χ0) is 13.2. The first kappa shape index (κ1) is 13.8. The van der Waals surface area contributed by atoms with Crippen molar-refractivity contribution in [2.75, 3.05) is 13.2 Å². The SMILES string of the molecule is CC1CCCC(C(=O)NC2(C)CCCOC2)C1N. The first-order valence-electron chi connectivity index (χ1n) is 7.17. The van der Waals surface area contributed by atoms with Gasteiger partial charge >= 0.3 is 0 Å². The molecule has 1 aliphatic carbocycles. The third-order valence-electron chi connectivity index (χ3n) is 4.50. The highest BCUT2D eigenvalue weighted by atomic mass is 16.5. The maximum atomic E-state index is 12.4. The normalized spacial score (nSPS) is 41.4. The Morgan fingerprint density at radius 1 is 1.39 bits per heavy atom. The van der Waals surface area contributed by atoms with Gasteiger partial charge in [-0.25, -0.2) is 0 Å². The van der Waals surface area contributed by atoms with Crippen LogP contribution < -0.4 is 11.1 Å². The zero-order valence-electron chi connectivity index (χ0n) is 11.6. The smallest absolute Gasteiger partial charge is 0.225 e. The molecule has 0 spiro atoms. The van der Waals surface area contributed by atoms with Crippen LogP contribution in [0.3, 0.4) is 0 Å². The standard InChI is InChI=1S/C14H26N2O2/c1-10-5-3-6-11(12(10)15)13(17)16-14(2)7-4-8-18-9-14/h10-12H,3-9,15H2,1-2H3,(H,16,17). The minimum Gasteiger partial charge on any atom is -0.379 e. The molecule has 0 radical (unpaired) electrons. The van der Waals surface area contributed by atoms with Crippen molar-refractivity contribution in [1.29, 1.82) is 0 Å². The second-order valence-corrected chi connectivity index (χ2v) is 6.30. The van der Waals surface area contributed by atoms with Crippen LogP contribution in [-0.4, -0.2) is 30.7 Å². The predicted molar refractivity (Wildman–Crippen MR) is 71.1 cm³/mol. The molecule has 2 rings (SSSR count). The molecular formula is C14H26N2O2. The van der Waals surface area contributed by atoms with E-state index < -0.39 is 0 Å². The largest absolute Gasteiger partial charge is 0.379 e. The maximum absolute atomic E-state index is 12.4. The van der Waals surface area contributed by atoms with E-state index in [4.69, 9.17) is 10.5 Å². The lowest BCUT2D eigenvalue weighted by atomic mass is 9.77. The Labute approximate surface area is 110 Å². The lowest BCUT2D eigenvalue weighted by Crippen LogP contribution is -2.56. The van der Waals surface area contributed by atoms with Crippen molar-refractivity contribution >= 4 is 5.91 Å². The minimum atomic E-state index is -0.199. The first-order chi connectivity index (χ1) is 8.52. The fourth-order valence-electron chi connectivity index (χ4n) is 3.17. The summed E-state index contributed by atoms with van der Waals surface area (Å²) in [6.45, 7) is 5.65. The third kappa shape index (κ3) is 3.04. The summed E-state index contributed by atoms with van der Waals surface area (Å²) in [6, 6.07) is 0.00635. The van der Waals surface area contributed by atoms with Gasteiger partial charge in [-0.15, -0.1) is 0 Å². The van der Waals surface area contributed by atoms with Gasteiger partial charge in [-0.3, -0.25) is 4.79 Å². The van der Waals surface area contributed by atoms with E-state index in [9.17, 15) is 4.79 Å². The van der Waals surface area contributed by atoms with Gasteiger partial charge < -0.3 is 15.8 Å². The number of hydrogen-bond donors (Lipinski definition) is 2. The molecule has 2 aliphatic rings. The molecule has 0 bridgehead atoms. The number of amides is 1. The van der Waals surface area contributed by atoms with Gasteiger partial charge in [0.1, 0.15) is 0 Å². The molecule has 1 heterocycles. The maximum Gasteiger partial charge on any atom is 0.225 e. The highest BCUT2D eigenvalue weighted by molar-refractivity contribution is 5.80. The first-order valence-corrected chi connectivity index (χ1v) is 7.17. The molecule has 1 saturated carbocycles. The Bertz CT molecular complexity index is 300. The Morgan fingerprint density at radius 3 is 2.83 bits per heavy atom. The van der Waals surface area contributed by atoms with Gasteiger partial charge in [-0.1, -0.05) is 13.3 Å². The average Bonchev–Trinajstić information content (AvgIpc) is 2.33. The van der Waals surface area contributed by atoms with E-state index in [1.807, 2.05) is 0 Å². The molecule has 0 aromatic carbocycles. The summed E-state index contributed by atoms with van der Waals surface area (Å²) in [5, 5.41) is 3.17. The van der Waals surface area contributed by atoms with Crippen molar-refractivity contribution in [2.24, 2.45) is 17.6 Å². The van der Waals surface area contributed by atoms with Crippen molar-refractivity contribution in [3.8, 4) is 0 Å². The predicted octanol–water partition coefficient (Wildman–Crippen LogP) is 1.44. The molecule has 1 amide bonds. The number of nitrogens with one attached hydrogen (secondary N) is 1. The summed E-state index contributed by atoms with van der Waals surface area (Å²) in [5.41, 5.74) is 5.98. The second kappa shape index (κ2) is 5.57. The molecule has 0 aromatic heterocycles. The van der Waals surface area contributed by atoms with Crippen LogP contribution in [0.4, 0.5) is 0 Å². The summed E-state index contributed by atoms with van der Waals surface area (Å²) >= 11 is 0. The van der Waals surface area contributed by atoms with Gasteiger partial charge in [0.2, 0.25) is 5.91 Å². The number of carbonyl (C=O) groups excluding carboxylic acids is 1. The second-order valence-electron chi connectivity index (χ2n) is 6.30. The Balaban J connectivity index is 1.94. The topological polar surface area (TPSA) is 64.3 Å². The van der Waals surface area contributed by atoms with Crippen LogP contribution in [0.2, 0.25) is 0 Å². The fraction of sp³-hybridized carbons (Fsp3) is 0.929. The van der Waals surface area contributed by atoms with E-state index >= 15 is 0 Å². The zero-order valence-corrected chi connectivity index (χ0v) is 11.6. The summed E-state index contributed by atoms with van der Waals surface area (Å²) in [6.07, 6.45) is 5.19. The van der Waals surface area contributed by atoms with Gasteiger partial charge in [0.15, 0.2) is 0 Å². The van der Waals surface area contributed by atoms with E-state index in [1.54, 1.807) is 0 Å². The molecule has 4 heteroatoms. The van der Waals surface area contributed by atoms with Crippen LogP contribution in [0.1, 0.15) is 46.0 Å². The van der Waals surface area contributed by atoms with Crippen LogP contribution >= 0.6 is 0 Å². The van der Waals surface area contributed by atoms with Gasteiger partial charge in [0.25, 0.3) is 0 Å². The molecule has 104 valence electrons. The van der Waals surface area contributed by atoms with E-state index in [0.29, 0.717) is 12.5 Å². The average molecular weight is 254 g/mol. The van der Waals surface area contributed by atoms with Gasteiger partial charge in [-0.2, -0.15) is 0 Å². The fourth-order valence-corrected chi connectivity index (χ4v) is 3.17. The number of nitrogens with two attached hydrogens (primary N) is 1. The molecule has 3 N–H and O–H groups in total. The molecule has 2 fully saturated rings. The summed E-state index contributed by atoms with van der Waals surface area (Å²) < 4.78 is 5.48. The molecule has 4 unspecified atom stereocenters. The van der Waals surface area contributed by atoms with E-state index in [-0.39, 0.29) is 23.4 Å². The van der Waals surface area contributed by atoms with Gasteiger partial charge in [0, 0.05) is 12.6 Å². The van der Waals surface area contributed by atoms with Crippen molar-refractivity contribution in [3.05, 3.63) is 0 Å². The van der Waals surface area contributed by atoms with Crippen LogP contribution in [0, 0.1) is 11.8 Å². The molecule has 18 heavy (non-hydrogen) atoms. The minimum absolute atomic E-state index is 0.00635. The van der Waals surface area contributed by atoms with Crippen LogP contribution in [0.25, 0.3) is 0 Å². The Morgan fingerprint density at radius 2 is 2.17 bits per heavy atom. The Kier molecular flexibility index (Phi) is 4.28. The molecular weight excluding hydrogens is 228 g/mol. The molecule has 1 aliphatic heterocycles. The lowest BCUT2D eigenvalue weighted by molar-refractivity contribution is -0.130. The monoisotopic (exact) mass is 254 g/mol. The van der Waals surface area contributed by atoms with Crippen LogP contribution in [0.5, 0.6) is 0 Å². The van der Waals surface area contributed by atoms with Gasteiger partial charge in [-0.05, 0) is 38.5 Å². The number of hydrogen-bond acceptors (Lipinski definition) is 3. The molecule has 0 aromatic rings. The number of carbonyl (C=O) groups is 1. The third-order valence-corrected chi connectivity index (χ3v) is 4.50. The van der Waals surface area contributed by atoms with Crippen molar-refractivity contribution < 1.29 is 9.53 Å². The van der Waals surface area contributed by atoms with Crippen molar-refractivity contribution in [3.63, 3.8) is 0 Å². The summed E-state index contributed by atoms with van der Waals surface area (Å²) in [4.78, 5) is 12.4. The van der Waals surface area contributed by atoms with Gasteiger partial charge in [0.05, 0.1) is 18.1 Å². The molecule has 4 atom stereocenters.